The molecule has 2 rings (SSSR count). The fraction of sp³-hybridized carbons (Fsp3) is 0.263. The van der Waals surface area contributed by atoms with Crippen molar-refractivity contribution in [3.05, 3.63) is 64.3 Å². The van der Waals surface area contributed by atoms with Gasteiger partial charge in [-0.25, -0.2) is 0 Å². The summed E-state index contributed by atoms with van der Waals surface area (Å²) in [5.41, 5.74) is 0.573. The summed E-state index contributed by atoms with van der Waals surface area (Å²) in [5.74, 6) is -0.196. The molecule has 1 heterocycles. The van der Waals surface area contributed by atoms with Crippen molar-refractivity contribution in [2.24, 2.45) is 0 Å². The van der Waals surface area contributed by atoms with Crippen molar-refractivity contribution in [3.63, 3.8) is 0 Å². The molecule has 2 aromatic rings. The number of para-hydroxylation sites is 1. The Morgan fingerprint density at radius 1 is 1.27 bits per heavy atom. The van der Waals surface area contributed by atoms with Crippen LogP contribution in [0.4, 0.5) is 5.69 Å². The number of halogens is 1. The molecule has 1 unspecified atom stereocenters. The first-order chi connectivity index (χ1) is 12.5. The van der Waals surface area contributed by atoms with Gasteiger partial charge in [0.1, 0.15) is 0 Å². The smallest absolute Gasteiger partial charge is 0.279 e. The van der Waals surface area contributed by atoms with Gasteiger partial charge in [-0.2, -0.15) is 0 Å². The summed E-state index contributed by atoms with van der Waals surface area (Å²) in [5, 5.41) is 5.25. The van der Waals surface area contributed by atoms with E-state index < -0.39 is 0 Å². The summed E-state index contributed by atoms with van der Waals surface area (Å²) in [6, 6.07) is 11.0. The van der Waals surface area contributed by atoms with Crippen molar-refractivity contribution in [3.8, 4) is 0 Å². The number of carbonyl (C=O) groups is 2. The van der Waals surface area contributed by atoms with Gasteiger partial charge in [-0.1, -0.05) is 35.9 Å². The zero-order chi connectivity index (χ0) is 18.9. The number of amides is 2. The number of hydrogen-bond acceptors (Lipinski definition) is 3. The van der Waals surface area contributed by atoms with Gasteiger partial charge in [0.05, 0.1) is 24.3 Å². The Morgan fingerprint density at radius 2 is 2.04 bits per heavy atom. The van der Waals surface area contributed by atoms with E-state index in [0.717, 1.165) is 9.78 Å². The van der Waals surface area contributed by atoms with E-state index in [2.05, 4.69) is 11.9 Å². The maximum absolute atomic E-state index is 12.6. The Hall–Kier alpha value is -2.15. The first-order valence-electron chi connectivity index (χ1n) is 8.26. The quantitative estimate of drug-likeness (QED) is 0.642. The highest BCUT2D eigenvalue weighted by molar-refractivity contribution is 7.09. The Balaban J connectivity index is 1.87. The maximum Gasteiger partial charge on any atom is 0.279 e. The second-order valence-corrected chi connectivity index (χ2v) is 7.42. The highest BCUT2D eigenvalue weighted by Gasteiger charge is 2.20. The minimum Gasteiger partial charge on any atom is -0.329 e. The molecule has 0 aliphatic carbocycles. The number of likely N-dealkylation sites (N-methyl/N-ethyl adjacent to an activating group) is 1. The third kappa shape index (κ3) is 6.29. The van der Waals surface area contributed by atoms with E-state index in [4.69, 9.17) is 11.6 Å². The van der Waals surface area contributed by atoms with Crippen LogP contribution >= 0.6 is 22.9 Å². The lowest BCUT2D eigenvalue weighted by Crippen LogP contribution is -3.11. The molecule has 0 saturated heterocycles. The van der Waals surface area contributed by atoms with E-state index in [-0.39, 0.29) is 24.9 Å². The summed E-state index contributed by atoms with van der Waals surface area (Å²) >= 11 is 7.66. The summed E-state index contributed by atoms with van der Waals surface area (Å²) in [4.78, 5) is 28.4. The largest absolute Gasteiger partial charge is 0.329 e. The number of quaternary nitrogens is 1. The molecule has 0 bridgehead atoms. The number of nitrogens with zero attached hydrogens (tertiary/aromatic N) is 1. The highest BCUT2D eigenvalue weighted by Crippen LogP contribution is 2.19. The lowest BCUT2D eigenvalue weighted by atomic mass is 10.3. The van der Waals surface area contributed by atoms with Crippen LogP contribution in [0.1, 0.15) is 4.88 Å². The standard InChI is InChI=1S/C19H22ClN3O2S/c1-3-10-23(12-15-7-6-11-26-15)19(25)14-22(2)13-18(24)21-17-9-5-4-8-16(17)20/h3-9,11H,1,10,12-14H2,2H3,(H,21,24)/p+1. The molecule has 1 aromatic carbocycles. The number of hydrogen-bond donors (Lipinski definition) is 2. The van der Waals surface area contributed by atoms with Crippen LogP contribution in [-0.2, 0) is 16.1 Å². The molecule has 0 spiro atoms. The fourth-order valence-electron chi connectivity index (χ4n) is 2.46. The number of rotatable bonds is 9. The molecule has 1 aromatic heterocycles. The highest BCUT2D eigenvalue weighted by atomic mass is 35.5. The molecule has 0 saturated carbocycles. The maximum atomic E-state index is 12.6. The van der Waals surface area contributed by atoms with E-state index >= 15 is 0 Å². The summed E-state index contributed by atoms with van der Waals surface area (Å²) in [6.45, 7) is 5.17. The zero-order valence-electron chi connectivity index (χ0n) is 14.7. The van der Waals surface area contributed by atoms with Gasteiger partial charge in [-0.3, -0.25) is 9.59 Å². The van der Waals surface area contributed by atoms with Gasteiger partial charge in [-0.15, -0.1) is 17.9 Å². The van der Waals surface area contributed by atoms with Crippen LogP contribution in [0.2, 0.25) is 5.02 Å². The van der Waals surface area contributed by atoms with Gasteiger partial charge in [0.25, 0.3) is 11.8 Å². The predicted octanol–water partition coefficient (Wildman–Crippen LogP) is 2.07. The molecule has 2 N–H and O–H groups in total. The van der Waals surface area contributed by atoms with Gasteiger partial charge in [0, 0.05) is 11.4 Å². The Bertz CT molecular complexity index is 749. The Kier molecular flexibility index (Phi) is 7.84. The molecule has 2 amide bonds. The van der Waals surface area contributed by atoms with Crippen molar-refractivity contribution in [1.29, 1.82) is 0 Å². The average molecular weight is 393 g/mol. The zero-order valence-corrected chi connectivity index (χ0v) is 16.3. The Labute approximate surface area is 162 Å². The van der Waals surface area contributed by atoms with E-state index in [0.29, 0.717) is 23.8 Å². The molecule has 7 heteroatoms. The number of nitrogens with one attached hydrogen (secondary N) is 2. The Morgan fingerprint density at radius 3 is 2.69 bits per heavy atom. The molecule has 26 heavy (non-hydrogen) atoms. The fourth-order valence-corrected chi connectivity index (χ4v) is 3.37. The molecule has 0 radical (unpaired) electrons. The third-order valence-electron chi connectivity index (χ3n) is 3.69. The van der Waals surface area contributed by atoms with Crippen LogP contribution in [0, 0.1) is 0 Å². The first kappa shape index (κ1) is 20.2. The number of benzene rings is 1. The lowest BCUT2D eigenvalue weighted by molar-refractivity contribution is -0.862. The van der Waals surface area contributed by atoms with Crippen LogP contribution in [0.3, 0.4) is 0 Å². The van der Waals surface area contributed by atoms with E-state index in [1.807, 2.05) is 24.6 Å². The molecule has 0 fully saturated rings. The van der Waals surface area contributed by atoms with Gasteiger partial charge < -0.3 is 15.1 Å². The van der Waals surface area contributed by atoms with Gasteiger partial charge in [0.2, 0.25) is 0 Å². The van der Waals surface area contributed by atoms with Crippen molar-refractivity contribution in [1.82, 2.24) is 4.90 Å². The first-order valence-corrected chi connectivity index (χ1v) is 9.52. The number of carbonyl (C=O) groups excluding carboxylic acids is 2. The van der Waals surface area contributed by atoms with Crippen LogP contribution in [0.5, 0.6) is 0 Å². The lowest BCUT2D eigenvalue weighted by Gasteiger charge is -2.22. The molecule has 1 atom stereocenters. The molecule has 5 nitrogen and oxygen atoms in total. The molecule has 138 valence electrons. The second-order valence-electron chi connectivity index (χ2n) is 5.98. The summed E-state index contributed by atoms with van der Waals surface area (Å²) < 4.78 is 0. The topological polar surface area (TPSA) is 53.9 Å². The average Bonchev–Trinajstić information content (AvgIpc) is 3.09. The normalized spacial score (nSPS) is 11.6. The van der Waals surface area contributed by atoms with E-state index in [1.54, 1.807) is 46.6 Å². The summed E-state index contributed by atoms with van der Waals surface area (Å²) in [7, 11) is 1.82. The minimum atomic E-state index is -0.183. The van der Waals surface area contributed by atoms with Gasteiger partial charge in [-0.05, 0) is 23.6 Å². The van der Waals surface area contributed by atoms with Gasteiger partial charge in [0.15, 0.2) is 13.1 Å². The van der Waals surface area contributed by atoms with Crippen molar-refractivity contribution >= 4 is 40.4 Å². The summed E-state index contributed by atoms with van der Waals surface area (Å²) in [6.07, 6.45) is 1.71. The minimum absolute atomic E-state index is 0.0126. The van der Waals surface area contributed by atoms with Crippen molar-refractivity contribution < 1.29 is 14.5 Å². The van der Waals surface area contributed by atoms with Crippen LogP contribution in [0.25, 0.3) is 0 Å². The molecular weight excluding hydrogens is 370 g/mol. The monoisotopic (exact) mass is 392 g/mol. The van der Waals surface area contributed by atoms with Gasteiger partial charge >= 0.3 is 0 Å². The predicted molar refractivity (Wildman–Crippen MR) is 107 cm³/mol. The van der Waals surface area contributed by atoms with Crippen molar-refractivity contribution in [2.75, 3.05) is 32.0 Å². The van der Waals surface area contributed by atoms with Crippen molar-refractivity contribution in [2.45, 2.75) is 6.54 Å². The van der Waals surface area contributed by atoms with Crippen LogP contribution in [0.15, 0.2) is 54.4 Å². The molecule has 0 aliphatic rings. The van der Waals surface area contributed by atoms with Crippen LogP contribution in [-0.4, -0.2) is 43.4 Å². The number of thiophene rings is 1. The van der Waals surface area contributed by atoms with Crippen LogP contribution < -0.4 is 10.2 Å². The molecule has 0 aliphatic heterocycles. The SMILES string of the molecule is C=CCN(Cc1cccs1)C(=O)C[NH+](C)CC(=O)Nc1ccccc1Cl. The number of anilines is 1. The van der Waals surface area contributed by atoms with E-state index in [9.17, 15) is 9.59 Å². The second kappa shape index (κ2) is 10.1. The third-order valence-corrected chi connectivity index (χ3v) is 4.88. The van der Waals surface area contributed by atoms with E-state index in [1.165, 1.54) is 0 Å². The molecular formula is C19H23ClN3O2S+.